The second kappa shape index (κ2) is 11.7. The fraction of sp³-hybridized carbons (Fsp3) is 0.727. The lowest BCUT2D eigenvalue weighted by molar-refractivity contribution is 0.348. The molecule has 0 spiro atoms. The van der Waals surface area contributed by atoms with Crippen LogP contribution in [0.3, 0.4) is 0 Å². The fourth-order valence-corrected chi connectivity index (χ4v) is 3.72. The van der Waals surface area contributed by atoms with Crippen LogP contribution in [0.5, 0.6) is 0 Å². The Morgan fingerprint density at radius 2 is 1.14 bits per heavy atom. The van der Waals surface area contributed by atoms with Crippen molar-refractivity contribution >= 4 is 0 Å². The van der Waals surface area contributed by atoms with Gasteiger partial charge < -0.3 is 0 Å². The van der Waals surface area contributed by atoms with Crippen molar-refractivity contribution in [1.82, 2.24) is 0 Å². The van der Waals surface area contributed by atoms with Crippen molar-refractivity contribution in [3.8, 4) is 0 Å². The Morgan fingerprint density at radius 3 is 1.64 bits per heavy atom. The van der Waals surface area contributed by atoms with Crippen LogP contribution in [0.2, 0.25) is 0 Å². The summed E-state index contributed by atoms with van der Waals surface area (Å²) in [6.07, 6.45) is 16.7. The maximum atomic E-state index is 2.37. The zero-order valence-corrected chi connectivity index (χ0v) is 15.4. The Bertz CT molecular complexity index is 348. The van der Waals surface area contributed by atoms with Crippen LogP contribution in [0.25, 0.3) is 0 Å². The second-order valence-corrected chi connectivity index (χ2v) is 6.93. The van der Waals surface area contributed by atoms with E-state index in [0.29, 0.717) is 5.41 Å². The summed E-state index contributed by atoms with van der Waals surface area (Å²) in [5.41, 5.74) is 1.97. The van der Waals surface area contributed by atoms with Gasteiger partial charge in [0.05, 0.1) is 0 Å². The summed E-state index contributed by atoms with van der Waals surface area (Å²) >= 11 is 0. The van der Waals surface area contributed by atoms with Gasteiger partial charge in [-0.3, -0.25) is 0 Å². The maximum absolute atomic E-state index is 2.37. The third-order valence-electron chi connectivity index (χ3n) is 5.50. The maximum Gasteiger partial charge on any atom is -0.00522 e. The monoisotopic (exact) mass is 302 g/mol. The third-order valence-corrected chi connectivity index (χ3v) is 5.50. The Balaban J connectivity index is 2.25. The van der Waals surface area contributed by atoms with Gasteiger partial charge in [0.1, 0.15) is 0 Å². The van der Waals surface area contributed by atoms with Gasteiger partial charge in [0.25, 0.3) is 0 Å². The fourth-order valence-electron chi connectivity index (χ4n) is 3.72. The minimum Gasteiger partial charge on any atom is -0.0654 e. The van der Waals surface area contributed by atoms with Gasteiger partial charge >= 0.3 is 0 Å². The van der Waals surface area contributed by atoms with Crippen LogP contribution in [-0.2, 0) is 5.41 Å². The van der Waals surface area contributed by atoms with Crippen molar-refractivity contribution in [1.29, 1.82) is 0 Å². The molecule has 0 unspecified atom stereocenters. The Kier molecular flexibility index (Phi) is 10.3. The average Bonchev–Trinajstić information content (AvgIpc) is 2.58. The van der Waals surface area contributed by atoms with E-state index >= 15 is 0 Å². The number of unbranched alkanes of at least 4 members (excludes halogenated alkanes) is 8. The molecule has 0 radical (unpaired) electrons. The van der Waals surface area contributed by atoms with Crippen molar-refractivity contribution in [3.05, 3.63) is 35.9 Å². The van der Waals surface area contributed by atoms with Crippen LogP contribution in [0.1, 0.15) is 103 Å². The molecule has 0 aliphatic rings. The van der Waals surface area contributed by atoms with Crippen molar-refractivity contribution in [2.45, 2.75) is 103 Å². The van der Waals surface area contributed by atoms with Gasteiger partial charge in [-0.15, -0.1) is 0 Å². The molecule has 0 nitrogen and oxygen atoms in total. The molecule has 1 aromatic rings. The molecule has 1 rings (SSSR count). The second-order valence-electron chi connectivity index (χ2n) is 6.93. The van der Waals surface area contributed by atoms with Gasteiger partial charge in [-0.2, -0.15) is 0 Å². The molecule has 0 N–H and O–H groups in total. The first kappa shape index (κ1) is 19.3. The van der Waals surface area contributed by atoms with E-state index in [1.54, 1.807) is 5.56 Å². The van der Waals surface area contributed by atoms with Crippen molar-refractivity contribution < 1.29 is 0 Å². The first-order valence-corrected chi connectivity index (χ1v) is 9.84. The number of benzene rings is 1. The van der Waals surface area contributed by atoms with E-state index in [0.717, 1.165) is 0 Å². The van der Waals surface area contributed by atoms with E-state index in [1.807, 2.05) is 0 Å². The molecule has 0 heterocycles. The van der Waals surface area contributed by atoms with E-state index in [-0.39, 0.29) is 0 Å². The van der Waals surface area contributed by atoms with Crippen LogP contribution in [0, 0.1) is 0 Å². The summed E-state index contributed by atoms with van der Waals surface area (Å²) < 4.78 is 0. The molecule has 0 aliphatic carbocycles. The lowest BCUT2D eigenvalue weighted by Gasteiger charge is -2.32. The molecule has 126 valence electrons. The molecule has 22 heavy (non-hydrogen) atoms. The topological polar surface area (TPSA) is 0 Å². The molecule has 0 heteroatoms. The molecule has 0 fully saturated rings. The largest absolute Gasteiger partial charge is 0.0654 e. The van der Waals surface area contributed by atoms with Gasteiger partial charge in [0.2, 0.25) is 0 Å². The first-order chi connectivity index (χ1) is 10.8. The van der Waals surface area contributed by atoms with Gasteiger partial charge in [0.15, 0.2) is 0 Å². The number of hydrogen-bond acceptors (Lipinski definition) is 0. The smallest absolute Gasteiger partial charge is 0.00522 e. The summed E-state index contributed by atoms with van der Waals surface area (Å²) in [4.78, 5) is 0. The van der Waals surface area contributed by atoms with Crippen LogP contribution in [0.4, 0.5) is 0 Å². The molecule has 0 saturated carbocycles. The van der Waals surface area contributed by atoms with Gasteiger partial charge in [-0.05, 0) is 30.2 Å². The van der Waals surface area contributed by atoms with Crippen LogP contribution >= 0.6 is 0 Å². The molecule has 0 bridgehead atoms. The Hall–Kier alpha value is -0.780. The molecule has 0 aromatic heterocycles. The Morgan fingerprint density at radius 1 is 0.636 bits per heavy atom. The summed E-state index contributed by atoms with van der Waals surface area (Å²) in [6, 6.07) is 11.2. The van der Waals surface area contributed by atoms with Crippen LogP contribution in [0.15, 0.2) is 30.3 Å². The molecule has 0 saturated heterocycles. The van der Waals surface area contributed by atoms with E-state index in [9.17, 15) is 0 Å². The highest BCUT2D eigenvalue weighted by Gasteiger charge is 2.27. The SMILES string of the molecule is CCCCCCCCCCCC(CC)(CC)c1ccccc1. The normalized spacial score (nSPS) is 11.8. The van der Waals surface area contributed by atoms with Crippen molar-refractivity contribution in [3.63, 3.8) is 0 Å². The quantitative estimate of drug-likeness (QED) is 0.328. The zero-order valence-electron chi connectivity index (χ0n) is 15.4. The zero-order chi connectivity index (χ0) is 16.1. The third kappa shape index (κ3) is 6.55. The van der Waals surface area contributed by atoms with Crippen molar-refractivity contribution in [2.75, 3.05) is 0 Å². The predicted molar refractivity (Wildman–Crippen MR) is 101 cm³/mol. The average molecular weight is 303 g/mol. The first-order valence-electron chi connectivity index (χ1n) is 9.84. The predicted octanol–water partition coefficient (Wildman–Crippen LogP) is 7.67. The summed E-state index contributed by atoms with van der Waals surface area (Å²) in [6.45, 7) is 7.02. The van der Waals surface area contributed by atoms with Gasteiger partial charge in [0, 0.05) is 0 Å². The van der Waals surface area contributed by atoms with Crippen LogP contribution < -0.4 is 0 Å². The summed E-state index contributed by atoms with van der Waals surface area (Å²) in [5, 5.41) is 0. The molecule has 0 aliphatic heterocycles. The lowest BCUT2D eigenvalue weighted by atomic mass is 9.72. The highest BCUT2D eigenvalue weighted by Crippen LogP contribution is 2.36. The van der Waals surface area contributed by atoms with E-state index in [4.69, 9.17) is 0 Å². The van der Waals surface area contributed by atoms with E-state index in [2.05, 4.69) is 51.1 Å². The van der Waals surface area contributed by atoms with Crippen molar-refractivity contribution in [2.24, 2.45) is 0 Å². The van der Waals surface area contributed by atoms with E-state index in [1.165, 1.54) is 77.0 Å². The van der Waals surface area contributed by atoms with Crippen LogP contribution in [-0.4, -0.2) is 0 Å². The molecule has 0 amide bonds. The summed E-state index contributed by atoms with van der Waals surface area (Å²) in [7, 11) is 0. The summed E-state index contributed by atoms with van der Waals surface area (Å²) in [5.74, 6) is 0. The van der Waals surface area contributed by atoms with Gasteiger partial charge in [-0.25, -0.2) is 0 Å². The standard InChI is InChI=1S/C22H38/c1-4-7-8-9-10-11-12-13-17-20-22(5-2,6-3)21-18-15-14-16-19-21/h14-16,18-19H,4-13,17,20H2,1-3H3. The number of hydrogen-bond donors (Lipinski definition) is 0. The van der Waals surface area contributed by atoms with E-state index < -0.39 is 0 Å². The number of rotatable bonds is 13. The minimum absolute atomic E-state index is 0.419. The molecule has 1 aromatic carbocycles. The molecular formula is C22H38. The Labute approximate surface area is 139 Å². The highest BCUT2D eigenvalue weighted by atomic mass is 14.3. The minimum atomic E-state index is 0.419. The molecular weight excluding hydrogens is 264 g/mol. The lowest BCUT2D eigenvalue weighted by Crippen LogP contribution is -2.24. The highest BCUT2D eigenvalue weighted by molar-refractivity contribution is 5.25. The molecule has 0 atom stereocenters. The van der Waals surface area contributed by atoms with Gasteiger partial charge in [-0.1, -0.05) is 109 Å².